The molecular formula is C15H25BrN2O3. The molecule has 1 rings (SSSR count). The smallest absolute Gasteiger partial charge is 0.407 e. The average molecular weight is 361 g/mol. The van der Waals surface area contributed by atoms with Crippen LogP contribution in [0.25, 0.3) is 0 Å². The van der Waals surface area contributed by atoms with Crippen molar-refractivity contribution in [2.45, 2.75) is 52.8 Å². The molecule has 1 aromatic heterocycles. The Morgan fingerprint density at radius 1 is 1.38 bits per heavy atom. The van der Waals surface area contributed by atoms with Crippen LogP contribution in [0.1, 0.15) is 40.4 Å². The highest BCUT2D eigenvalue weighted by molar-refractivity contribution is 9.10. The first-order valence-corrected chi connectivity index (χ1v) is 7.91. The Bertz CT molecular complexity index is 452. The summed E-state index contributed by atoms with van der Waals surface area (Å²) in [5.74, 6) is 1.23. The molecule has 1 atom stereocenters. The van der Waals surface area contributed by atoms with E-state index in [9.17, 15) is 4.79 Å². The van der Waals surface area contributed by atoms with Crippen molar-refractivity contribution >= 4 is 22.0 Å². The van der Waals surface area contributed by atoms with E-state index in [4.69, 9.17) is 9.15 Å². The van der Waals surface area contributed by atoms with Crippen molar-refractivity contribution in [1.82, 2.24) is 10.6 Å². The normalized spacial score (nSPS) is 13.3. The topological polar surface area (TPSA) is 63.5 Å². The number of furan rings is 1. The zero-order valence-corrected chi connectivity index (χ0v) is 14.9. The molecule has 1 amide bonds. The van der Waals surface area contributed by atoms with Gasteiger partial charge in [0.05, 0.1) is 6.54 Å². The molecule has 0 saturated carbocycles. The molecule has 5 nitrogen and oxygen atoms in total. The molecule has 0 aliphatic heterocycles. The maximum atomic E-state index is 11.7. The predicted octanol–water partition coefficient (Wildman–Crippen LogP) is 3.68. The van der Waals surface area contributed by atoms with Gasteiger partial charge in [0.15, 0.2) is 4.67 Å². The van der Waals surface area contributed by atoms with Gasteiger partial charge in [0.25, 0.3) is 0 Å². The zero-order valence-electron chi connectivity index (χ0n) is 13.3. The second-order valence-electron chi connectivity index (χ2n) is 6.32. The summed E-state index contributed by atoms with van der Waals surface area (Å²) in [7, 11) is 0. The fourth-order valence-corrected chi connectivity index (χ4v) is 2.07. The van der Waals surface area contributed by atoms with Gasteiger partial charge in [-0.05, 0) is 54.8 Å². The standard InChI is InChI=1S/C15H25BrN2O3/c1-10(2)12(9-18-14(19)21-15(3,4)5)17-8-11-6-7-13(16)20-11/h6-7,10,12,17H,8-9H2,1-5H3,(H,18,19). The number of ether oxygens (including phenoxy) is 1. The number of hydrogen-bond acceptors (Lipinski definition) is 4. The van der Waals surface area contributed by atoms with Crippen molar-refractivity contribution in [2.24, 2.45) is 5.92 Å². The van der Waals surface area contributed by atoms with Crippen LogP contribution in [0.15, 0.2) is 21.2 Å². The summed E-state index contributed by atoms with van der Waals surface area (Å²) in [6.07, 6.45) is -0.393. The molecule has 1 heterocycles. The number of rotatable bonds is 6. The van der Waals surface area contributed by atoms with Gasteiger partial charge >= 0.3 is 6.09 Å². The molecule has 0 aliphatic carbocycles. The van der Waals surface area contributed by atoms with Crippen LogP contribution in [0.5, 0.6) is 0 Å². The summed E-state index contributed by atoms with van der Waals surface area (Å²) in [6, 6.07) is 3.91. The summed E-state index contributed by atoms with van der Waals surface area (Å²) in [5, 5.41) is 6.18. The predicted molar refractivity (Wildman–Crippen MR) is 86.1 cm³/mol. The van der Waals surface area contributed by atoms with Crippen LogP contribution in [0.4, 0.5) is 4.79 Å². The lowest BCUT2D eigenvalue weighted by Crippen LogP contribution is -2.45. The summed E-state index contributed by atoms with van der Waals surface area (Å²) < 4.78 is 11.4. The van der Waals surface area contributed by atoms with Gasteiger partial charge in [-0.15, -0.1) is 0 Å². The molecule has 120 valence electrons. The van der Waals surface area contributed by atoms with Crippen molar-refractivity contribution in [1.29, 1.82) is 0 Å². The molecule has 0 saturated heterocycles. The fourth-order valence-electron chi connectivity index (χ4n) is 1.73. The van der Waals surface area contributed by atoms with E-state index in [1.54, 1.807) is 0 Å². The van der Waals surface area contributed by atoms with Crippen LogP contribution >= 0.6 is 15.9 Å². The van der Waals surface area contributed by atoms with Crippen molar-refractivity contribution in [3.8, 4) is 0 Å². The average Bonchev–Trinajstić information content (AvgIpc) is 2.72. The number of carbonyl (C=O) groups excluding carboxylic acids is 1. The quantitative estimate of drug-likeness (QED) is 0.811. The number of hydrogen-bond donors (Lipinski definition) is 2. The van der Waals surface area contributed by atoms with Crippen LogP contribution in [-0.2, 0) is 11.3 Å². The van der Waals surface area contributed by atoms with Gasteiger partial charge in [-0.3, -0.25) is 0 Å². The second-order valence-corrected chi connectivity index (χ2v) is 7.10. The van der Waals surface area contributed by atoms with Gasteiger partial charge in [-0.25, -0.2) is 4.79 Å². The minimum atomic E-state index is -0.481. The lowest BCUT2D eigenvalue weighted by molar-refractivity contribution is 0.0519. The minimum Gasteiger partial charge on any atom is -0.453 e. The molecule has 1 aromatic rings. The Morgan fingerprint density at radius 2 is 2.05 bits per heavy atom. The highest BCUT2D eigenvalue weighted by Gasteiger charge is 2.19. The van der Waals surface area contributed by atoms with Gasteiger partial charge in [0, 0.05) is 12.6 Å². The van der Waals surface area contributed by atoms with Crippen molar-refractivity contribution in [2.75, 3.05) is 6.54 Å². The Hall–Kier alpha value is -1.01. The van der Waals surface area contributed by atoms with E-state index >= 15 is 0 Å². The first-order chi connectivity index (χ1) is 9.67. The van der Waals surface area contributed by atoms with Crippen LogP contribution in [0.2, 0.25) is 0 Å². The maximum Gasteiger partial charge on any atom is 0.407 e. The SMILES string of the molecule is CC(C)C(CNC(=O)OC(C)(C)C)NCc1ccc(Br)o1. The van der Waals surface area contributed by atoms with Crippen LogP contribution in [0, 0.1) is 5.92 Å². The van der Waals surface area contributed by atoms with Crippen molar-refractivity contribution in [3.05, 3.63) is 22.6 Å². The third kappa shape index (κ3) is 7.52. The third-order valence-corrected chi connectivity index (χ3v) is 3.26. The monoisotopic (exact) mass is 360 g/mol. The number of carbonyl (C=O) groups is 1. The van der Waals surface area contributed by atoms with E-state index in [-0.39, 0.29) is 6.04 Å². The molecule has 6 heteroatoms. The highest BCUT2D eigenvalue weighted by atomic mass is 79.9. The largest absolute Gasteiger partial charge is 0.453 e. The summed E-state index contributed by atoms with van der Waals surface area (Å²) in [5.41, 5.74) is -0.481. The van der Waals surface area contributed by atoms with Gasteiger partial charge < -0.3 is 19.8 Å². The zero-order chi connectivity index (χ0) is 16.0. The number of nitrogens with one attached hydrogen (secondary N) is 2. The molecule has 21 heavy (non-hydrogen) atoms. The summed E-state index contributed by atoms with van der Waals surface area (Å²) >= 11 is 3.28. The third-order valence-electron chi connectivity index (χ3n) is 2.84. The Kier molecular flexibility index (Phi) is 6.74. The van der Waals surface area contributed by atoms with Gasteiger partial charge in [-0.1, -0.05) is 13.8 Å². The second kappa shape index (κ2) is 7.84. The molecule has 0 aliphatic rings. The number of amides is 1. The molecule has 0 fully saturated rings. The number of alkyl carbamates (subject to hydrolysis) is 1. The number of halogens is 1. The van der Waals surface area contributed by atoms with E-state index < -0.39 is 11.7 Å². The Labute approximate surface area is 134 Å². The van der Waals surface area contributed by atoms with E-state index in [0.717, 1.165) is 5.76 Å². The lowest BCUT2D eigenvalue weighted by atomic mass is 10.0. The Balaban J connectivity index is 2.41. The molecule has 2 N–H and O–H groups in total. The molecular weight excluding hydrogens is 336 g/mol. The molecule has 0 spiro atoms. The Morgan fingerprint density at radius 3 is 2.52 bits per heavy atom. The lowest BCUT2D eigenvalue weighted by Gasteiger charge is -2.24. The van der Waals surface area contributed by atoms with Crippen molar-refractivity contribution < 1.29 is 13.9 Å². The first kappa shape index (κ1) is 18.0. The summed E-state index contributed by atoms with van der Waals surface area (Å²) in [6.45, 7) is 10.9. The molecule has 0 radical (unpaired) electrons. The van der Waals surface area contributed by atoms with E-state index in [1.165, 1.54) is 0 Å². The maximum absolute atomic E-state index is 11.7. The fraction of sp³-hybridized carbons (Fsp3) is 0.667. The van der Waals surface area contributed by atoms with Crippen LogP contribution in [0.3, 0.4) is 0 Å². The van der Waals surface area contributed by atoms with Crippen LogP contribution < -0.4 is 10.6 Å². The van der Waals surface area contributed by atoms with Crippen LogP contribution in [-0.4, -0.2) is 24.3 Å². The molecule has 0 bridgehead atoms. The van der Waals surface area contributed by atoms with E-state index in [2.05, 4.69) is 40.4 Å². The minimum absolute atomic E-state index is 0.140. The molecule has 1 unspecified atom stereocenters. The van der Waals surface area contributed by atoms with Gasteiger partial charge in [0.1, 0.15) is 11.4 Å². The van der Waals surface area contributed by atoms with Crippen molar-refractivity contribution in [3.63, 3.8) is 0 Å². The summed E-state index contributed by atoms with van der Waals surface area (Å²) in [4.78, 5) is 11.7. The highest BCUT2D eigenvalue weighted by Crippen LogP contribution is 2.14. The van der Waals surface area contributed by atoms with Gasteiger partial charge in [-0.2, -0.15) is 0 Å². The van der Waals surface area contributed by atoms with E-state index in [0.29, 0.717) is 23.7 Å². The van der Waals surface area contributed by atoms with Gasteiger partial charge in [0.2, 0.25) is 0 Å². The molecule has 0 aromatic carbocycles. The first-order valence-electron chi connectivity index (χ1n) is 7.12. The van der Waals surface area contributed by atoms with E-state index in [1.807, 2.05) is 32.9 Å².